The maximum atomic E-state index is 11.5. The van der Waals surface area contributed by atoms with Crippen LogP contribution in [0.4, 0.5) is 0 Å². The van der Waals surface area contributed by atoms with Gasteiger partial charge < -0.3 is 15.3 Å². The molecule has 25 heavy (non-hydrogen) atoms. The summed E-state index contributed by atoms with van der Waals surface area (Å²) in [6, 6.07) is 0. The number of carbonyl (C=O) groups excluding carboxylic acids is 1. The third-order valence-corrected chi connectivity index (χ3v) is 4.26. The van der Waals surface area contributed by atoms with Crippen molar-refractivity contribution in [3.05, 3.63) is 24.3 Å². The molecule has 0 saturated heterocycles. The van der Waals surface area contributed by atoms with Gasteiger partial charge in [-0.2, -0.15) is 0 Å². The van der Waals surface area contributed by atoms with Gasteiger partial charge in [-0.3, -0.25) is 4.79 Å². The van der Waals surface area contributed by atoms with E-state index in [1.54, 1.807) is 0 Å². The van der Waals surface area contributed by atoms with Gasteiger partial charge in [0, 0.05) is 6.42 Å². The van der Waals surface area contributed by atoms with E-state index in [-0.39, 0.29) is 12.2 Å². The molecule has 146 valence electrons. The van der Waals surface area contributed by atoms with Gasteiger partial charge in [0.2, 0.25) is 0 Å². The lowest BCUT2D eigenvalue weighted by Gasteiger charge is -2.13. The van der Waals surface area contributed by atoms with Crippen LogP contribution in [0.2, 0.25) is 0 Å². The van der Waals surface area contributed by atoms with Crippen molar-refractivity contribution in [3.8, 4) is 0 Å². The predicted octanol–water partition coefficient (Wildman–Crippen LogP) is 4.08. The zero-order valence-corrected chi connectivity index (χ0v) is 15.9. The lowest BCUT2D eigenvalue weighted by molar-refractivity contribution is -0.134. The summed E-state index contributed by atoms with van der Waals surface area (Å²) in [5, 5.41) is 27.3. The number of aliphatic hydroxyl groups excluding tert-OH is 3. The largest absolute Gasteiger partial charge is 0.394 e. The number of hydrogen-bond acceptors (Lipinski definition) is 4. The zero-order valence-electron chi connectivity index (χ0n) is 15.9. The Morgan fingerprint density at radius 2 is 1.40 bits per heavy atom. The zero-order chi connectivity index (χ0) is 18.8. The molecule has 0 heterocycles. The first-order valence-electron chi connectivity index (χ1n) is 9.93. The summed E-state index contributed by atoms with van der Waals surface area (Å²) in [4.78, 5) is 11.5. The maximum Gasteiger partial charge on any atom is 0.164 e. The first-order valence-corrected chi connectivity index (χ1v) is 9.93. The Balaban J connectivity index is 3.41. The molecule has 0 saturated carbocycles. The normalized spacial score (nSPS) is 14.4. The molecule has 4 heteroatoms. The first-order chi connectivity index (χ1) is 12.1. The number of Topliss-reactive ketones (excluding diaryl/α,β-unsaturated/α-hetero) is 1. The molecule has 3 N–H and O–H groups in total. The summed E-state index contributed by atoms with van der Waals surface area (Å²) in [5.41, 5.74) is 0. The van der Waals surface area contributed by atoms with E-state index < -0.39 is 18.8 Å². The van der Waals surface area contributed by atoms with Crippen LogP contribution in [-0.2, 0) is 4.79 Å². The van der Waals surface area contributed by atoms with Gasteiger partial charge in [0.05, 0.1) is 6.61 Å². The number of unbranched alkanes of at least 4 members (excludes halogenated alkanes) is 8. The topological polar surface area (TPSA) is 77.8 Å². The molecule has 0 aliphatic heterocycles. The third-order valence-electron chi connectivity index (χ3n) is 4.26. The van der Waals surface area contributed by atoms with Gasteiger partial charge in [-0.15, -0.1) is 0 Å². The minimum atomic E-state index is -1.45. The molecule has 0 aliphatic rings. The second kappa shape index (κ2) is 17.8. The van der Waals surface area contributed by atoms with Gasteiger partial charge in [0.15, 0.2) is 5.78 Å². The van der Waals surface area contributed by atoms with Crippen LogP contribution in [0.15, 0.2) is 24.3 Å². The number of rotatable bonds is 17. The lowest BCUT2D eigenvalue weighted by atomic mass is 10.0. The van der Waals surface area contributed by atoms with Crippen molar-refractivity contribution in [2.45, 2.75) is 96.2 Å². The smallest absolute Gasteiger partial charge is 0.164 e. The third kappa shape index (κ3) is 15.0. The van der Waals surface area contributed by atoms with E-state index in [0.717, 1.165) is 44.9 Å². The molecule has 0 aliphatic carbocycles. The number of allylic oxidation sites excluding steroid dienone is 4. The second-order valence-electron chi connectivity index (χ2n) is 6.64. The van der Waals surface area contributed by atoms with Crippen LogP contribution >= 0.6 is 0 Å². The summed E-state index contributed by atoms with van der Waals surface area (Å²) in [6.07, 6.45) is 18.7. The van der Waals surface area contributed by atoms with E-state index in [4.69, 9.17) is 5.11 Å². The van der Waals surface area contributed by atoms with E-state index >= 15 is 0 Å². The van der Waals surface area contributed by atoms with E-state index in [0.29, 0.717) is 0 Å². The molecule has 1 unspecified atom stereocenters. The molecule has 4 nitrogen and oxygen atoms in total. The SMILES string of the molecule is CCCCC/C=C\C/C=C\CCCCCCCC(=O)C(O)[C@@H](O)CO. The highest BCUT2D eigenvalue weighted by Gasteiger charge is 2.22. The van der Waals surface area contributed by atoms with Crippen molar-refractivity contribution >= 4 is 5.78 Å². The quantitative estimate of drug-likeness (QED) is 0.272. The molecule has 0 rings (SSSR count). The number of ketones is 1. The summed E-state index contributed by atoms with van der Waals surface area (Å²) < 4.78 is 0. The molecule has 0 aromatic carbocycles. The van der Waals surface area contributed by atoms with Crippen LogP contribution in [0.1, 0.15) is 84.0 Å². The fourth-order valence-electron chi connectivity index (χ4n) is 2.57. The van der Waals surface area contributed by atoms with E-state index in [2.05, 4.69) is 31.2 Å². The Hall–Kier alpha value is -0.970. The first kappa shape index (κ1) is 24.0. The van der Waals surface area contributed by atoms with Crippen LogP contribution in [-0.4, -0.2) is 39.9 Å². The Bertz CT molecular complexity index is 363. The average molecular weight is 355 g/mol. The average Bonchev–Trinajstić information content (AvgIpc) is 2.63. The Kier molecular flexibility index (Phi) is 17.1. The molecule has 0 amide bonds. The Labute approximate surface area is 153 Å². The van der Waals surface area contributed by atoms with E-state index in [1.807, 2.05) is 0 Å². The summed E-state index contributed by atoms with van der Waals surface area (Å²) in [6.45, 7) is 1.63. The van der Waals surface area contributed by atoms with E-state index in [9.17, 15) is 15.0 Å². The second-order valence-corrected chi connectivity index (χ2v) is 6.64. The molecule has 2 atom stereocenters. The van der Waals surface area contributed by atoms with Crippen LogP contribution in [0.25, 0.3) is 0 Å². The molecule has 0 aromatic rings. The Morgan fingerprint density at radius 1 is 0.840 bits per heavy atom. The maximum absolute atomic E-state index is 11.5. The van der Waals surface area contributed by atoms with Crippen molar-refractivity contribution in [2.24, 2.45) is 0 Å². The van der Waals surface area contributed by atoms with Crippen LogP contribution < -0.4 is 0 Å². The summed E-state index contributed by atoms with van der Waals surface area (Å²) in [5.74, 6) is -0.382. The lowest BCUT2D eigenvalue weighted by Crippen LogP contribution is -2.36. The summed E-state index contributed by atoms with van der Waals surface area (Å²) in [7, 11) is 0. The monoisotopic (exact) mass is 354 g/mol. The fourth-order valence-corrected chi connectivity index (χ4v) is 2.57. The minimum Gasteiger partial charge on any atom is -0.394 e. The highest BCUT2D eigenvalue weighted by molar-refractivity contribution is 5.83. The molecular weight excluding hydrogens is 316 g/mol. The minimum absolute atomic E-state index is 0.267. The molecule has 0 radical (unpaired) electrons. The van der Waals surface area contributed by atoms with Crippen molar-refractivity contribution in [3.63, 3.8) is 0 Å². The number of carbonyl (C=O) groups is 1. The van der Waals surface area contributed by atoms with Crippen LogP contribution in [0, 0.1) is 0 Å². The van der Waals surface area contributed by atoms with Crippen molar-refractivity contribution < 1.29 is 20.1 Å². The van der Waals surface area contributed by atoms with Crippen molar-refractivity contribution in [1.29, 1.82) is 0 Å². The van der Waals surface area contributed by atoms with E-state index in [1.165, 1.54) is 25.7 Å². The van der Waals surface area contributed by atoms with Gasteiger partial charge in [-0.05, 0) is 38.5 Å². The highest BCUT2D eigenvalue weighted by Crippen LogP contribution is 2.10. The Morgan fingerprint density at radius 3 is 2.00 bits per heavy atom. The molecule has 0 fully saturated rings. The van der Waals surface area contributed by atoms with Gasteiger partial charge in [-0.25, -0.2) is 0 Å². The predicted molar refractivity (Wildman–Crippen MR) is 103 cm³/mol. The van der Waals surface area contributed by atoms with Gasteiger partial charge >= 0.3 is 0 Å². The van der Waals surface area contributed by atoms with Gasteiger partial charge in [0.25, 0.3) is 0 Å². The van der Waals surface area contributed by atoms with Gasteiger partial charge in [-0.1, -0.05) is 63.3 Å². The molecule has 0 aromatic heterocycles. The van der Waals surface area contributed by atoms with Crippen LogP contribution in [0.5, 0.6) is 0 Å². The van der Waals surface area contributed by atoms with Gasteiger partial charge in [0.1, 0.15) is 12.2 Å². The number of hydrogen-bond donors (Lipinski definition) is 3. The number of aliphatic hydroxyl groups is 3. The fraction of sp³-hybridized carbons (Fsp3) is 0.762. The van der Waals surface area contributed by atoms with Crippen molar-refractivity contribution in [1.82, 2.24) is 0 Å². The van der Waals surface area contributed by atoms with Crippen molar-refractivity contribution in [2.75, 3.05) is 6.61 Å². The standard InChI is InChI=1S/C21H38O4/c1-2-3-4-5-6-7-8-9-10-11-12-13-14-15-16-17-19(23)21(25)20(24)18-22/h6-7,9-10,20-22,24-25H,2-5,8,11-18H2,1H3/b7-6-,10-9-/t20-,21?/m0/s1. The molecule has 0 spiro atoms. The van der Waals surface area contributed by atoms with Crippen LogP contribution in [0.3, 0.4) is 0 Å². The molecule has 0 bridgehead atoms. The summed E-state index contributed by atoms with van der Waals surface area (Å²) >= 11 is 0. The molecular formula is C21H38O4. The highest BCUT2D eigenvalue weighted by atomic mass is 16.4.